The van der Waals surface area contributed by atoms with Crippen LogP contribution in [0.1, 0.15) is 17.5 Å². The maximum absolute atomic E-state index is 12.4. The number of esters is 1. The molecule has 0 unspecified atom stereocenters. The zero-order chi connectivity index (χ0) is 15.0. The second-order valence-electron chi connectivity index (χ2n) is 5.22. The van der Waals surface area contributed by atoms with Gasteiger partial charge in [-0.2, -0.15) is 0 Å². The van der Waals surface area contributed by atoms with E-state index in [4.69, 9.17) is 0 Å². The van der Waals surface area contributed by atoms with Crippen molar-refractivity contribution in [3.05, 3.63) is 35.4 Å². The minimum Gasteiger partial charge on any atom is -0.469 e. The molecular weight excluding hydrogens is 272 g/mol. The second kappa shape index (κ2) is 5.20. The first-order valence-corrected chi connectivity index (χ1v) is 6.87. The molecule has 110 valence electrons. The summed E-state index contributed by atoms with van der Waals surface area (Å²) in [5.41, 5.74) is 2.18. The third-order valence-electron chi connectivity index (χ3n) is 4.04. The van der Waals surface area contributed by atoms with E-state index in [1.54, 1.807) is 4.90 Å². The molecule has 0 bridgehead atoms. The van der Waals surface area contributed by atoms with Crippen molar-refractivity contribution in [2.75, 3.05) is 13.7 Å². The Bertz CT molecular complexity index is 570. The van der Waals surface area contributed by atoms with Gasteiger partial charge in [0.15, 0.2) is 0 Å². The number of benzene rings is 1. The number of hydrogen-bond acceptors (Lipinski definition) is 4. The highest BCUT2D eigenvalue weighted by molar-refractivity contribution is 6.04. The molecule has 1 saturated heterocycles. The maximum Gasteiger partial charge on any atom is 0.327 e. The van der Waals surface area contributed by atoms with E-state index in [9.17, 15) is 14.4 Å². The summed E-state index contributed by atoms with van der Waals surface area (Å²) < 4.78 is 4.55. The maximum atomic E-state index is 12.4. The largest absolute Gasteiger partial charge is 0.469 e. The number of imide groups is 1. The molecule has 0 N–H and O–H groups in total. The summed E-state index contributed by atoms with van der Waals surface area (Å²) >= 11 is 0. The van der Waals surface area contributed by atoms with Crippen molar-refractivity contribution in [2.45, 2.75) is 25.4 Å². The van der Waals surface area contributed by atoms with E-state index in [0.29, 0.717) is 13.0 Å². The molecule has 2 aliphatic heterocycles. The van der Waals surface area contributed by atoms with Crippen molar-refractivity contribution in [3.8, 4) is 0 Å². The molecule has 0 aliphatic carbocycles. The van der Waals surface area contributed by atoms with Crippen LogP contribution in [0, 0.1) is 0 Å². The summed E-state index contributed by atoms with van der Waals surface area (Å²) in [6.07, 6.45) is 0.566. The van der Waals surface area contributed by atoms with Gasteiger partial charge in [-0.3, -0.25) is 14.5 Å². The van der Waals surface area contributed by atoms with E-state index >= 15 is 0 Å². The van der Waals surface area contributed by atoms with Crippen molar-refractivity contribution in [2.24, 2.45) is 0 Å². The molecule has 21 heavy (non-hydrogen) atoms. The van der Waals surface area contributed by atoms with E-state index < -0.39 is 12.0 Å². The van der Waals surface area contributed by atoms with Gasteiger partial charge in [0.2, 0.25) is 0 Å². The molecule has 0 aromatic heterocycles. The monoisotopic (exact) mass is 288 g/mol. The SMILES string of the molecule is COC(=O)CCN1C(=O)[C@@H]2Cc3ccccc3CN2C1=O. The van der Waals surface area contributed by atoms with Gasteiger partial charge < -0.3 is 9.64 Å². The van der Waals surface area contributed by atoms with Crippen LogP contribution < -0.4 is 0 Å². The van der Waals surface area contributed by atoms with Crippen LogP contribution in [0.5, 0.6) is 0 Å². The molecule has 2 heterocycles. The number of fused-ring (bicyclic) bond motifs is 2. The number of carbonyl (C=O) groups excluding carboxylic acids is 3. The lowest BCUT2D eigenvalue weighted by Crippen LogP contribution is -2.39. The Kier molecular flexibility index (Phi) is 3.37. The Morgan fingerprint density at radius 2 is 2.00 bits per heavy atom. The molecule has 2 aliphatic rings. The number of urea groups is 1. The van der Waals surface area contributed by atoms with Gasteiger partial charge in [0.25, 0.3) is 5.91 Å². The van der Waals surface area contributed by atoms with Gasteiger partial charge in [-0.25, -0.2) is 4.79 Å². The van der Waals surface area contributed by atoms with Crippen molar-refractivity contribution < 1.29 is 19.1 Å². The average molecular weight is 288 g/mol. The molecule has 1 fully saturated rings. The fourth-order valence-corrected chi connectivity index (χ4v) is 2.88. The lowest BCUT2D eigenvalue weighted by molar-refractivity contribution is -0.141. The molecule has 0 spiro atoms. The summed E-state index contributed by atoms with van der Waals surface area (Å²) in [7, 11) is 1.29. The third-order valence-corrected chi connectivity index (χ3v) is 4.04. The van der Waals surface area contributed by atoms with Crippen LogP contribution in [0.2, 0.25) is 0 Å². The smallest absolute Gasteiger partial charge is 0.327 e. The van der Waals surface area contributed by atoms with Crippen LogP contribution in [-0.4, -0.2) is 47.4 Å². The van der Waals surface area contributed by atoms with E-state index in [-0.39, 0.29) is 24.9 Å². The molecular formula is C15H16N2O4. The summed E-state index contributed by atoms with van der Waals surface area (Å²) in [5.74, 6) is -0.651. The lowest BCUT2D eigenvalue weighted by atomic mass is 9.95. The number of nitrogens with zero attached hydrogens (tertiary/aromatic N) is 2. The van der Waals surface area contributed by atoms with Gasteiger partial charge in [-0.15, -0.1) is 0 Å². The molecule has 3 rings (SSSR count). The molecule has 6 nitrogen and oxygen atoms in total. The van der Waals surface area contributed by atoms with Crippen molar-refractivity contribution in [1.82, 2.24) is 9.80 Å². The van der Waals surface area contributed by atoms with Crippen molar-refractivity contribution >= 4 is 17.9 Å². The number of methoxy groups -OCH3 is 1. The second-order valence-corrected chi connectivity index (χ2v) is 5.22. The molecule has 1 atom stereocenters. The summed E-state index contributed by atoms with van der Waals surface area (Å²) in [4.78, 5) is 38.6. The van der Waals surface area contributed by atoms with E-state index in [2.05, 4.69) is 4.74 Å². The standard InChI is InChI=1S/C15H16N2O4/c1-21-13(18)6-7-16-14(19)12-8-10-4-2-3-5-11(10)9-17(12)15(16)20/h2-5,12H,6-9H2,1H3/t12-/m0/s1. The van der Waals surface area contributed by atoms with E-state index in [1.165, 1.54) is 7.11 Å². The highest BCUT2D eigenvalue weighted by atomic mass is 16.5. The van der Waals surface area contributed by atoms with Crippen LogP contribution in [-0.2, 0) is 27.3 Å². The predicted molar refractivity (Wildman–Crippen MR) is 73.2 cm³/mol. The van der Waals surface area contributed by atoms with Crippen LogP contribution in [0.15, 0.2) is 24.3 Å². The Labute approximate surface area is 122 Å². The quantitative estimate of drug-likeness (QED) is 0.613. The molecule has 6 heteroatoms. The molecule has 0 saturated carbocycles. The van der Waals surface area contributed by atoms with E-state index in [1.807, 2.05) is 24.3 Å². The van der Waals surface area contributed by atoms with Crippen LogP contribution >= 0.6 is 0 Å². The summed E-state index contributed by atoms with van der Waals surface area (Å²) in [6, 6.07) is 7.07. The average Bonchev–Trinajstić information content (AvgIpc) is 2.74. The number of ether oxygens (including phenoxy) is 1. The van der Waals surface area contributed by atoms with Gasteiger partial charge in [0.1, 0.15) is 6.04 Å². The first-order valence-electron chi connectivity index (χ1n) is 6.87. The van der Waals surface area contributed by atoms with Crippen molar-refractivity contribution in [3.63, 3.8) is 0 Å². The minimum absolute atomic E-state index is 0.0293. The molecule has 0 radical (unpaired) electrons. The summed E-state index contributed by atoms with van der Waals surface area (Å²) in [5, 5.41) is 0. The molecule has 1 aromatic rings. The number of carbonyl (C=O) groups is 3. The van der Waals surface area contributed by atoms with Gasteiger partial charge in [-0.1, -0.05) is 24.3 Å². The Hall–Kier alpha value is -2.37. The van der Waals surface area contributed by atoms with E-state index in [0.717, 1.165) is 16.0 Å². The Morgan fingerprint density at radius 1 is 1.29 bits per heavy atom. The minimum atomic E-state index is -0.440. The van der Waals surface area contributed by atoms with Gasteiger partial charge in [0.05, 0.1) is 13.5 Å². The van der Waals surface area contributed by atoms with Gasteiger partial charge in [-0.05, 0) is 11.1 Å². The fraction of sp³-hybridized carbons (Fsp3) is 0.400. The highest BCUT2D eigenvalue weighted by Crippen LogP contribution is 2.29. The zero-order valence-corrected chi connectivity index (χ0v) is 11.7. The Balaban J connectivity index is 1.78. The molecule has 1 aromatic carbocycles. The lowest BCUT2D eigenvalue weighted by Gasteiger charge is -2.28. The first kappa shape index (κ1) is 13.6. The molecule has 3 amide bonds. The zero-order valence-electron chi connectivity index (χ0n) is 11.7. The highest BCUT2D eigenvalue weighted by Gasteiger charge is 2.46. The van der Waals surface area contributed by atoms with Crippen LogP contribution in [0.25, 0.3) is 0 Å². The predicted octanol–water partition coefficient (Wildman–Crippen LogP) is 0.939. The summed E-state index contributed by atoms with van der Waals surface area (Å²) in [6.45, 7) is 0.522. The van der Waals surface area contributed by atoms with Gasteiger partial charge in [0, 0.05) is 19.5 Å². The Morgan fingerprint density at radius 3 is 2.71 bits per heavy atom. The fourth-order valence-electron chi connectivity index (χ4n) is 2.88. The first-order chi connectivity index (χ1) is 10.1. The van der Waals surface area contributed by atoms with Crippen molar-refractivity contribution in [1.29, 1.82) is 0 Å². The normalized spacial score (nSPS) is 20.3. The third kappa shape index (κ3) is 2.26. The number of rotatable bonds is 3. The van der Waals surface area contributed by atoms with Crippen LogP contribution in [0.4, 0.5) is 4.79 Å². The van der Waals surface area contributed by atoms with Gasteiger partial charge >= 0.3 is 12.0 Å². The topological polar surface area (TPSA) is 66.9 Å². The van der Waals surface area contributed by atoms with Crippen LogP contribution in [0.3, 0.4) is 0 Å². The number of amides is 3. The number of hydrogen-bond donors (Lipinski definition) is 0.